The standard InChI is InChI=1S/C10H13N3O2/c11-8(14)6-13-10(15)9(12)7-4-2-1-3-5-7/h1-5,9H,6,12H2,(H2,11,14)(H,13,15)/t9-/m1/s1. The summed E-state index contributed by atoms with van der Waals surface area (Å²) in [5, 5.41) is 2.34. The molecule has 0 unspecified atom stereocenters. The normalized spacial score (nSPS) is 11.8. The monoisotopic (exact) mass is 207 g/mol. The number of carbonyl (C=O) groups excluding carboxylic acids is 2. The van der Waals surface area contributed by atoms with Crippen molar-refractivity contribution >= 4 is 11.8 Å². The number of hydrogen-bond acceptors (Lipinski definition) is 3. The van der Waals surface area contributed by atoms with Gasteiger partial charge in [-0.25, -0.2) is 0 Å². The molecule has 5 N–H and O–H groups in total. The maximum Gasteiger partial charge on any atom is 0.241 e. The zero-order chi connectivity index (χ0) is 11.3. The molecule has 0 bridgehead atoms. The molecule has 80 valence electrons. The van der Waals surface area contributed by atoms with E-state index in [2.05, 4.69) is 5.32 Å². The third-order valence-electron chi connectivity index (χ3n) is 1.88. The van der Waals surface area contributed by atoms with E-state index < -0.39 is 17.9 Å². The van der Waals surface area contributed by atoms with Gasteiger partial charge in [0.15, 0.2) is 0 Å². The van der Waals surface area contributed by atoms with Crippen molar-refractivity contribution in [2.75, 3.05) is 6.54 Å². The summed E-state index contributed by atoms with van der Waals surface area (Å²) in [6.07, 6.45) is 0. The second kappa shape index (κ2) is 5.11. The fraction of sp³-hybridized carbons (Fsp3) is 0.200. The molecule has 0 aliphatic carbocycles. The predicted octanol–water partition coefficient (Wildman–Crippen LogP) is -0.712. The van der Waals surface area contributed by atoms with Gasteiger partial charge in [-0.2, -0.15) is 0 Å². The minimum Gasteiger partial charge on any atom is -0.368 e. The molecule has 0 saturated carbocycles. The van der Waals surface area contributed by atoms with Crippen molar-refractivity contribution in [2.45, 2.75) is 6.04 Å². The van der Waals surface area contributed by atoms with Gasteiger partial charge in [0, 0.05) is 0 Å². The van der Waals surface area contributed by atoms with Gasteiger partial charge >= 0.3 is 0 Å². The average molecular weight is 207 g/mol. The number of nitrogens with two attached hydrogens (primary N) is 2. The van der Waals surface area contributed by atoms with Gasteiger partial charge in [0.1, 0.15) is 6.04 Å². The Morgan fingerprint density at radius 2 is 1.87 bits per heavy atom. The first-order valence-corrected chi connectivity index (χ1v) is 4.48. The topological polar surface area (TPSA) is 98.2 Å². The van der Waals surface area contributed by atoms with Crippen LogP contribution in [0.1, 0.15) is 11.6 Å². The Morgan fingerprint density at radius 1 is 1.27 bits per heavy atom. The van der Waals surface area contributed by atoms with Crippen LogP contribution in [0.5, 0.6) is 0 Å². The fourth-order valence-electron chi connectivity index (χ4n) is 1.10. The van der Waals surface area contributed by atoms with Gasteiger partial charge in [0.25, 0.3) is 0 Å². The molecule has 0 fully saturated rings. The van der Waals surface area contributed by atoms with Crippen LogP contribution in [0.3, 0.4) is 0 Å². The van der Waals surface area contributed by atoms with Crippen molar-refractivity contribution < 1.29 is 9.59 Å². The quantitative estimate of drug-likeness (QED) is 0.608. The minimum absolute atomic E-state index is 0.195. The molecule has 0 radical (unpaired) electrons. The molecule has 0 heterocycles. The number of primary amides is 1. The molecular weight excluding hydrogens is 194 g/mol. The van der Waals surface area contributed by atoms with Gasteiger partial charge in [-0.15, -0.1) is 0 Å². The molecule has 1 aromatic carbocycles. The van der Waals surface area contributed by atoms with E-state index in [4.69, 9.17) is 11.5 Å². The minimum atomic E-state index is -0.773. The van der Waals surface area contributed by atoms with Crippen molar-refractivity contribution in [1.82, 2.24) is 5.32 Å². The number of amides is 2. The van der Waals surface area contributed by atoms with E-state index in [1.807, 2.05) is 6.07 Å². The van der Waals surface area contributed by atoms with Crippen molar-refractivity contribution in [3.8, 4) is 0 Å². The molecule has 1 atom stereocenters. The maximum absolute atomic E-state index is 11.4. The van der Waals surface area contributed by atoms with Crippen LogP contribution < -0.4 is 16.8 Å². The molecule has 1 aromatic rings. The molecule has 0 saturated heterocycles. The zero-order valence-corrected chi connectivity index (χ0v) is 8.14. The number of hydrogen-bond donors (Lipinski definition) is 3. The van der Waals surface area contributed by atoms with Crippen LogP contribution in [-0.4, -0.2) is 18.4 Å². The highest BCUT2D eigenvalue weighted by molar-refractivity contribution is 5.87. The van der Waals surface area contributed by atoms with Crippen LogP contribution in [0.25, 0.3) is 0 Å². The fourth-order valence-corrected chi connectivity index (χ4v) is 1.10. The highest BCUT2D eigenvalue weighted by Crippen LogP contribution is 2.08. The summed E-state index contributed by atoms with van der Waals surface area (Å²) >= 11 is 0. The first-order chi connectivity index (χ1) is 7.11. The lowest BCUT2D eigenvalue weighted by Gasteiger charge is -2.11. The molecule has 5 nitrogen and oxygen atoms in total. The Labute approximate surface area is 87.4 Å². The van der Waals surface area contributed by atoms with Gasteiger partial charge in [-0.05, 0) is 5.56 Å². The molecular formula is C10H13N3O2. The van der Waals surface area contributed by atoms with E-state index in [9.17, 15) is 9.59 Å². The lowest BCUT2D eigenvalue weighted by atomic mass is 10.1. The van der Waals surface area contributed by atoms with Gasteiger partial charge in [0.05, 0.1) is 6.54 Å². The lowest BCUT2D eigenvalue weighted by Crippen LogP contribution is -2.39. The molecule has 15 heavy (non-hydrogen) atoms. The molecule has 0 spiro atoms. The van der Waals surface area contributed by atoms with E-state index in [1.54, 1.807) is 24.3 Å². The van der Waals surface area contributed by atoms with Crippen molar-refractivity contribution in [2.24, 2.45) is 11.5 Å². The number of rotatable bonds is 4. The number of carbonyl (C=O) groups is 2. The summed E-state index contributed by atoms with van der Waals surface area (Å²) in [5.74, 6) is -1.01. The summed E-state index contributed by atoms with van der Waals surface area (Å²) in [5.41, 5.74) is 11.2. The van der Waals surface area contributed by atoms with E-state index in [1.165, 1.54) is 0 Å². The molecule has 0 aliphatic rings. The Kier molecular flexibility index (Phi) is 3.82. The van der Waals surface area contributed by atoms with Gasteiger partial charge in [-0.3, -0.25) is 9.59 Å². The van der Waals surface area contributed by atoms with Crippen LogP contribution in [0.2, 0.25) is 0 Å². The first-order valence-electron chi connectivity index (χ1n) is 4.48. The summed E-state index contributed by atoms with van der Waals surface area (Å²) in [7, 11) is 0. The molecule has 1 rings (SSSR count). The summed E-state index contributed by atoms with van der Waals surface area (Å²) in [4.78, 5) is 21.8. The SMILES string of the molecule is NC(=O)CNC(=O)[C@H](N)c1ccccc1. The Balaban J connectivity index is 2.57. The highest BCUT2D eigenvalue weighted by Gasteiger charge is 2.14. The molecule has 5 heteroatoms. The van der Waals surface area contributed by atoms with Crippen molar-refractivity contribution in [3.05, 3.63) is 35.9 Å². The average Bonchev–Trinajstić information content (AvgIpc) is 2.26. The maximum atomic E-state index is 11.4. The van der Waals surface area contributed by atoms with Gasteiger partial charge < -0.3 is 16.8 Å². The smallest absolute Gasteiger partial charge is 0.241 e. The van der Waals surface area contributed by atoms with E-state index in [0.29, 0.717) is 5.56 Å². The first kappa shape index (κ1) is 11.2. The Hall–Kier alpha value is -1.88. The van der Waals surface area contributed by atoms with Crippen LogP contribution in [0.15, 0.2) is 30.3 Å². The third kappa shape index (κ3) is 3.40. The van der Waals surface area contributed by atoms with Crippen LogP contribution >= 0.6 is 0 Å². The summed E-state index contributed by atoms with van der Waals surface area (Å²) < 4.78 is 0. The van der Waals surface area contributed by atoms with Gasteiger partial charge in [-0.1, -0.05) is 30.3 Å². The Bertz CT molecular complexity index is 351. The summed E-state index contributed by atoms with van der Waals surface area (Å²) in [6, 6.07) is 8.12. The lowest BCUT2D eigenvalue weighted by molar-refractivity contribution is -0.125. The third-order valence-corrected chi connectivity index (χ3v) is 1.88. The second-order valence-corrected chi connectivity index (χ2v) is 3.07. The van der Waals surface area contributed by atoms with Crippen molar-refractivity contribution in [3.63, 3.8) is 0 Å². The molecule has 0 aliphatic heterocycles. The predicted molar refractivity (Wildman–Crippen MR) is 55.6 cm³/mol. The van der Waals surface area contributed by atoms with Crippen LogP contribution in [-0.2, 0) is 9.59 Å². The second-order valence-electron chi connectivity index (χ2n) is 3.07. The summed E-state index contributed by atoms with van der Waals surface area (Å²) in [6.45, 7) is -0.195. The largest absolute Gasteiger partial charge is 0.368 e. The van der Waals surface area contributed by atoms with Crippen molar-refractivity contribution in [1.29, 1.82) is 0 Å². The highest BCUT2D eigenvalue weighted by atomic mass is 16.2. The van der Waals surface area contributed by atoms with Crippen LogP contribution in [0, 0.1) is 0 Å². The Morgan fingerprint density at radius 3 is 2.40 bits per heavy atom. The number of nitrogens with one attached hydrogen (secondary N) is 1. The number of benzene rings is 1. The van der Waals surface area contributed by atoms with Gasteiger partial charge in [0.2, 0.25) is 11.8 Å². The van der Waals surface area contributed by atoms with E-state index >= 15 is 0 Å². The van der Waals surface area contributed by atoms with E-state index in [-0.39, 0.29) is 6.54 Å². The molecule has 0 aromatic heterocycles. The van der Waals surface area contributed by atoms with Crippen LogP contribution in [0.4, 0.5) is 0 Å². The van der Waals surface area contributed by atoms with E-state index in [0.717, 1.165) is 0 Å². The molecule has 2 amide bonds. The zero-order valence-electron chi connectivity index (χ0n) is 8.14.